The van der Waals surface area contributed by atoms with Crippen LogP contribution in [0.1, 0.15) is 19.4 Å². The van der Waals surface area contributed by atoms with E-state index in [1.54, 1.807) is 0 Å². The maximum Gasteiger partial charge on any atom is 0.119 e. The maximum absolute atomic E-state index is 9.07. The van der Waals surface area contributed by atoms with Gasteiger partial charge in [0.05, 0.1) is 11.7 Å². The highest BCUT2D eigenvalue weighted by Gasteiger charge is 2.10. The van der Waals surface area contributed by atoms with Crippen molar-refractivity contribution in [2.45, 2.75) is 20.0 Å². The zero-order valence-electron chi connectivity index (χ0n) is 10.3. The minimum Gasteiger partial charge on any atom is -0.491 e. The van der Waals surface area contributed by atoms with Crippen molar-refractivity contribution in [3.05, 3.63) is 35.2 Å². The Hall–Kier alpha value is -1.99. The highest BCUT2D eigenvalue weighted by Crippen LogP contribution is 2.33. The van der Waals surface area contributed by atoms with Crippen molar-refractivity contribution in [1.29, 1.82) is 5.26 Å². The number of ether oxygens (including phenoxy) is 1. The second-order valence-corrected chi connectivity index (χ2v) is 5.10. The molecule has 0 saturated carbocycles. The van der Waals surface area contributed by atoms with Crippen molar-refractivity contribution in [3.8, 4) is 22.9 Å². The second kappa shape index (κ2) is 5.11. The van der Waals surface area contributed by atoms with Crippen LogP contribution in [0.2, 0.25) is 0 Å². The number of thiophene rings is 1. The standard InChI is InChI=1S/C14H14N2OS/c1-9(2)17-11-5-3-10(4-6-11)13-8-18-14(16)12(13)7-15/h3-6,8-9H,16H2,1-2H3. The van der Waals surface area contributed by atoms with Gasteiger partial charge in [0.2, 0.25) is 0 Å². The molecule has 2 N–H and O–H groups in total. The molecule has 0 atom stereocenters. The van der Waals surface area contributed by atoms with Gasteiger partial charge in [0.15, 0.2) is 0 Å². The van der Waals surface area contributed by atoms with Gasteiger partial charge >= 0.3 is 0 Å². The van der Waals surface area contributed by atoms with Gasteiger partial charge in [-0.1, -0.05) is 12.1 Å². The Kier molecular flexibility index (Phi) is 3.54. The summed E-state index contributed by atoms with van der Waals surface area (Å²) in [7, 11) is 0. The van der Waals surface area contributed by atoms with Crippen LogP contribution >= 0.6 is 11.3 Å². The van der Waals surface area contributed by atoms with Crippen LogP contribution in [0.4, 0.5) is 5.00 Å². The van der Waals surface area contributed by atoms with E-state index in [1.807, 2.05) is 43.5 Å². The number of hydrogen-bond acceptors (Lipinski definition) is 4. The Bertz CT molecular complexity index is 579. The molecular formula is C14H14N2OS. The zero-order chi connectivity index (χ0) is 13.1. The number of benzene rings is 1. The molecule has 0 radical (unpaired) electrons. The van der Waals surface area contributed by atoms with Gasteiger partial charge in [0, 0.05) is 10.9 Å². The van der Waals surface area contributed by atoms with Gasteiger partial charge < -0.3 is 10.5 Å². The number of hydrogen-bond donors (Lipinski definition) is 1. The van der Waals surface area contributed by atoms with Crippen molar-refractivity contribution >= 4 is 16.3 Å². The van der Waals surface area contributed by atoms with Crippen LogP contribution in [0, 0.1) is 11.3 Å². The van der Waals surface area contributed by atoms with E-state index in [2.05, 4.69) is 6.07 Å². The molecule has 0 aliphatic rings. The molecule has 0 unspecified atom stereocenters. The fourth-order valence-electron chi connectivity index (χ4n) is 1.69. The summed E-state index contributed by atoms with van der Waals surface area (Å²) in [6.45, 7) is 3.97. The third kappa shape index (κ3) is 2.47. The predicted molar refractivity (Wildman–Crippen MR) is 74.6 cm³/mol. The van der Waals surface area contributed by atoms with Crippen LogP contribution in [0.25, 0.3) is 11.1 Å². The number of nitriles is 1. The summed E-state index contributed by atoms with van der Waals surface area (Å²) in [5.74, 6) is 0.829. The van der Waals surface area contributed by atoms with Gasteiger partial charge in [-0.05, 0) is 31.5 Å². The van der Waals surface area contributed by atoms with Crippen molar-refractivity contribution in [2.24, 2.45) is 0 Å². The quantitative estimate of drug-likeness (QED) is 0.914. The van der Waals surface area contributed by atoms with E-state index in [-0.39, 0.29) is 6.10 Å². The summed E-state index contributed by atoms with van der Waals surface area (Å²) in [5, 5.41) is 11.5. The smallest absolute Gasteiger partial charge is 0.119 e. The third-order valence-electron chi connectivity index (χ3n) is 2.47. The van der Waals surface area contributed by atoms with Gasteiger partial charge in [-0.25, -0.2) is 0 Å². The molecule has 0 aliphatic carbocycles. The molecule has 0 fully saturated rings. The van der Waals surface area contributed by atoms with E-state index >= 15 is 0 Å². The summed E-state index contributed by atoms with van der Waals surface area (Å²) in [4.78, 5) is 0. The first-order valence-electron chi connectivity index (χ1n) is 5.66. The van der Waals surface area contributed by atoms with E-state index < -0.39 is 0 Å². The fourth-order valence-corrected chi connectivity index (χ4v) is 2.46. The largest absolute Gasteiger partial charge is 0.491 e. The molecule has 18 heavy (non-hydrogen) atoms. The van der Waals surface area contributed by atoms with Gasteiger partial charge in [-0.2, -0.15) is 5.26 Å². The summed E-state index contributed by atoms with van der Waals surface area (Å²) < 4.78 is 5.58. The molecule has 0 amide bonds. The van der Waals surface area contributed by atoms with Crippen LogP contribution in [0.3, 0.4) is 0 Å². The number of anilines is 1. The summed E-state index contributed by atoms with van der Waals surface area (Å²) in [6.07, 6.45) is 0.155. The van der Waals surface area contributed by atoms with Crippen LogP contribution in [0.15, 0.2) is 29.6 Å². The monoisotopic (exact) mass is 258 g/mol. The molecule has 0 bridgehead atoms. The Labute approximate surface area is 110 Å². The molecule has 4 heteroatoms. The molecule has 2 aromatic rings. The highest BCUT2D eigenvalue weighted by atomic mass is 32.1. The Morgan fingerprint density at radius 3 is 2.50 bits per heavy atom. The molecule has 1 heterocycles. The average molecular weight is 258 g/mol. The number of nitrogens with zero attached hydrogens (tertiary/aromatic N) is 1. The van der Waals surface area contributed by atoms with Crippen LogP contribution in [-0.4, -0.2) is 6.10 Å². The van der Waals surface area contributed by atoms with Crippen molar-refractivity contribution in [3.63, 3.8) is 0 Å². The minimum absolute atomic E-state index is 0.155. The molecule has 1 aromatic carbocycles. The molecule has 0 aliphatic heterocycles. The van der Waals surface area contributed by atoms with Crippen LogP contribution in [-0.2, 0) is 0 Å². The lowest BCUT2D eigenvalue weighted by Gasteiger charge is -2.09. The molecule has 92 valence electrons. The van der Waals surface area contributed by atoms with Gasteiger partial charge in [-0.15, -0.1) is 11.3 Å². The van der Waals surface area contributed by atoms with Gasteiger partial charge in [0.25, 0.3) is 0 Å². The molecule has 2 rings (SSSR count). The zero-order valence-corrected chi connectivity index (χ0v) is 11.1. The van der Waals surface area contributed by atoms with E-state index in [4.69, 9.17) is 15.7 Å². The minimum atomic E-state index is 0.155. The normalized spacial score (nSPS) is 10.3. The molecular weight excluding hydrogens is 244 g/mol. The Balaban J connectivity index is 2.32. The van der Waals surface area contributed by atoms with E-state index in [1.165, 1.54) is 11.3 Å². The topological polar surface area (TPSA) is 59.0 Å². The third-order valence-corrected chi connectivity index (χ3v) is 3.28. The lowest BCUT2D eigenvalue weighted by Crippen LogP contribution is -2.05. The molecule has 0 spiro atoms. The van der Waals surface area contributed by atoms with Crippen LogP contribution in [0.5, 0.6) is 5.75 Å². The summed E-state index contributed by atoms with van der Waals surface area (Å²) in [5.41, 5.74) is 8.18. The Morgan fingerprint density at radius 2 is 1.94 bits per heavy atom. The van der Waals surface area contributed by atoms with Crippen molar-refractivity contribution in [1.82, 2.24) is 0 Å². The predicted octanol–water partition coefficient (Wildman–Crippen LogP) is 3.66. The number of nitrogen functional groups attached to an aromatic ring is 1. The lowest BCUT2D eigenvalue weighted by molar-refractivity contribution is 0.242. The van der Waals surface area contributed by atoms with Crippen molar-refractivity contribution in [2.75, 3.05) is 5.73 Å². The molecule has 3 nitrogen and oxygen atoms in total. The SMILES string of the molecule is CC(C)Oc1ccc(-c2csc(N)c2C#N)cc1. The lowest BCUT2D eigenvalue weighted by atomic mass is 10.0. The highest BCUT2D eigenvalue weighted by molar-refractivity contribution is 7.14. The van der Waals surface area contributed by atoms with E-state index in [0.717, 1.165) is 16.9 Å². The first kappa shape index (κ1) is 12.5. The van der Waals surface area contributed by atoms with Gasteiger partial charge in [-0.3, -0.25) is 0 Å². The summed E-state index contributed by atoms with van der Waals surface area (Å²) >= 11 is 1.39. The van der Waals surface area contributed by atoms with Gasteiger partial charge in [0.1, 0.15) is 16.8 Å². The van der Waals surface area contributed by atoms with E-state index in [9.17, 15) is 0 Å². The Morgan fingerprint density at radius 1 is 1.28 bits per heavy atom. The second-order valence-electron chi connectivity index (χ2n) is 4.19. The van der Waals surface area contributed by atoms with E-state index in [0.29, 0.717) is 10.6 Å². The first-order valence-corrected chi connectivity index (χ1v) is 6.54. The average Bonchev–Trinajstić information content (AvgIpc) is 2.70. The molecule has 1 aromatic heterocycles. The fraction of sp³-hybridized carbons (Fsp3) is 0.214. The number of nitrogens with two attached hydrogens (primary N) is 1. The molecule has 0 saturated heterocycles. The van der Waals surface area contributed by atoms with Crippen LogP contribution < -0.4 is 10.5 Å². The maximum atomic E-state index is 9.07. The van der Waals surface area contributed by atoms with Crippen molar-refractivity contribution < 1.29 is 4.74 Å². The summed E-state index contributed by atoms with van der Waals surface area (Å²) in [6, 6.07) is 9.85. The number of rotatable bonds is 3. The first-order chi connectivity index (χ1) is 8.61.